The maximum atomic E-state index is 14.5. The summed E-state index contributed by atoms with van der Waals surface area (Å²) in [6.45, 7) is 9.66. The molecule has 0 radical (unpaired) electrons. The lowest BCUT2D eigenvalue weighted by Gasteiger charge is -2.35. The average Bonchev–Trinajstić information content (AvgIpc) is 2.82. The summed E-state index contributed by atoms with van der Waals surface area (Å²) in [6, 6.07) is 6.38. The molecule has 2 amide bonds. The molecule has 1 aliphatic rings. The van der Waals surface area contributed by atoms with Crippen molar-refractivity contribution < 1.29 is 18.7 Å². The molecule has 37 heavy (non-hydrogen) atoms. The molecule has 0 unspecified atom stereocenters. The average molecular weight is 507 g/mol. The van der Waals surface area contributed by atoms with Crippen molar-refractivity contribution >= 4 is 28.6 Å². The number of carbonyl (C=O) groups excluding carboxylic acids is 2. The first-order valence-electron chi connectivity index (χ1n) is 12.9. The molecule has 0 bridgehead atoms. The van der Waals surface area contributed by atoms with Gasteiger partial charge < -0.3 is 15.4 Å². The number of rotatable bonds is 5. The van der Waals surface area contributed by atoms with Crippen molar-refractivity contribution in [3.8, 4) is 0 Å². The second kappa shape index (κ2) is 10.8. The van der Waals surface area contributed by atoms with Crippen molar-refractivity contribution in [2.45, 2.75) is 77.9 Å². The van der Waals surface area contributed by atoms with E-state index in [4.69, 9.17) is 4.74 Å². The molecular weight excluding hydrogens is 471 g/mol. The number of halogens is 1. The maximum absolute atomic E-state index is 14.5. The van der Waals surface area contributed by atoms with Gasteiger partial charge in [-0.3, -0.25) is 14.8 Å². The number of amides is 2. The fourth-order valence-corrected chi connectivity index (χ4v) is 5.11. The first-order valence-corrected chi connectivity index (χ1v) is 12.9. The number of aryl methyl sites for hydroxylation is 1. The number of aromatic nitrogens is 2. The summed E-state index contributed by atoms with van der Waals surface area (Å²) >= 11 is 0. The number of hydrogen-bond donors (Lipinski definition) is 2. The number of nitrogens with one attached hydrogen (secondary N) is 2. The van der Waals surface area contributed by atoms with Crippen LogP contribution in [-0.4, -0.2) is 33.6 Å². The predicted molar refractivity (Wildman–Crippen MR) is 142 cm³/mol. The van der Waals surface area contributed by atoms with Gasteiger partial charge >= 0.3 is 6.09 Å². The summed E-state index contributed by atoms with van der Waals surface area (Å²) in [5.74, 6) is -0.301. The topological polar surface area (TPSA) is 93.2 Å². The normalized spacial score (nSPS) is 19.9. The maximum Gasteiger partial charge on any atom is 0.407 e. The molecule has 0 spiro atoms. The highest BCUT2D eigenvalue weighted by Crippen LogP contribution is 2.39. The summed E-state index contributed by atoms with van der Waals surface area (Å²) in [5.41, 5.74) is 2.52. The Labute approximate surface area is 217 Å². The SMILES string of the molecule is CCc1cnc2c(C(=O)Nc3cnccc3[C@@H]3C[C@H](C)C[C@H](NC(=O)OC(C)(C)C)C3)ccc(F)c2c1. The fraction of sp³-hybridized carbons (Fsp3) is 0.448. The van der Waals surface area contributed by atoms with Gasteiger partial charge in [0.25, 0.3) is 5.91 Å². The zero-order valence-corrected chi connectivity index (χ0v) is 22.1. The minimum absolute atomic E-state index is 0.0432. The molecule has 0 saturated heterocycles. The van der Waals surface area contributed by atoms with Crippen molar-refractivity contribution in [1.82, 2.24) is 15.3 Å². The van der Waals surface area contributed by atoms with E-state index >= 15 is 0 Å². The molecule has 7 nitrogen and oxygen atoms in total. The lowest BCUT2D eigenvalue weighted by Crippen LogP contribution is -2.42. The Morgan fingerprint density at radius 2 is 1.92 bits per heavy atom. The van der Waals surface area contributed by atoms with Gasteiger partial charge in [-0.2, -0.15) is 0 Å². The van der Waals surface area contributed by atoms with Crippen molar-refractivity contribution in [1.29, 1.82) is 0 Å². The molecule has 1 saturated carbocycles. The van der Waals surface area contributed by atoms with Gasteiger partial charge in [0.2, 0.25) is 0 Å². The molecule has 196 valence electrons. The number of pyridine rings is 2. The van der Waals surface area contributed by atoms with E-state index in [9.17, 15) is 14.0 Å². The molecule has 2 aromatic heterocycles. The summed E-state index contributed by atoms with van der Waals surface area (Å²) < 4.78 is 20.0. The molecule has 1 aliphatic carbocycles. The van der Waals surface area contributed by atoms with Gasteiger partial charge in [0.15, 0.2) is 0 Å². The van der Waals surface area contributed by atoms with Crippen LogP contribution in [0.2, 0.25) is 0 Å². The number of nitrogens with zero attached hydrogens (tertiary/aromatic N) is 2. The molecule has 0 aliphatic heterocycles. The van der Waals surface area contributed by atoms with E-state index in [1.807, 2.05) is 33.8 Å². The third-order valence-electron chi connectivity index (χ3n) is 6.71. The van der Waals surface area contributed by atoms with Crippen LogP contribution in [0.25, 0.3) is 10.9 Å². The van der Waals surface area contributed by atoms with Gasteiger partial charge in [-0.15, -0.1) is 0 Å². The van der Waals surface area contributed by atoms with Crippen LogP contribution >= 0.6 is 0 Å². The summed E-state index contributed by atoms with van der Waals surface area (Å²) in [5, 5.41) is 6.34. The summed E-state index contributed by atoms with van der Waals surface area (Å²) in [7, 11) is 0. The molecule has 1 aromatic carbocycles. The lowest BCUT2D eigenvalue weighted by atomic mass is 9.76. The standard InChI is InChI=1S/C29H35FN4O3/c1-6-18-13-23-24(30)8-7-22(26(23)32-15-18)27(35)34-25-16-31-10-9-21(25)19-11-17(2)12-20(14-19)33-28(36)37-29(3,4)5/h7-10,13,15-17,19-20H,6,11-12,14H2,1-5H3,(H,33,36)(H,34,35)/t17-,19+,20-/m0/s1. The minimum atomic E-state index is -0.566. The van der Waals surface area contributed by atoms with E-state index in [2.05, 4.69) is 27.5 Å². The van der Waals surface area contributed by atoms with E-state index < -0.39 is 17.5 Å². The van der Waals surface area contributed by atoms with Gasteiger partial charge in [0.05, 0.1) is 23.0 Å². The Morgan fingerprint density at radius 3 is 2.65 bits per heavy atom. The second-order valence-corrected chi connectivity index (χ2v) is 11.0. The largest absolute Gasteiger partial charge is 0.444 e. The van der Waals surface area contributed by atoms with E-state index in [-0.39, 0.29) is 17.9 Å². The first-order chi connectivity index (χ1) is 17.5. The number of carbonyl (C=O) groups is 2. The molecular formula is C29H35FN4O3. The third kappa shape index (κ3) is 6.42. The van der Waals surface area contributed by atoms with Gasteiger partial charge in [0, 0.05) is 23.8 Å². The summed E-state index contributed by atoms with van der Waals surface area (Å²) in [4.78, 5) is 34.4. The fourth-order valence-electron chi connectivity index (χ4n) is 5.11. The van der Waals surface area contributed by atoms with Crippen molar-refractivity contribution in [2.24, 2.45) is 5.92 Å². The molecule has 3 atom stereocenters. The van der Waals surface area contributed by atoms with Gasteiger partial charge in [-0.05, 0) is 93.7 Å². The first kappa shape index (κ1) is 26.5. The van der Waals surface area contributed by atoms with Crippen LogP contribution in [0.15, 0.2) is 42.9 Å². The van der Waals surface area contributed by atoms with Crippen LogP contribution < -0.4 is 10.6 Å². The summed E-state index contributed by atoms with van der Waals surface area (Å²) in [6.07, 6.45) is 7.82. The van der Waals surface area contributed by atoms with Crippen LogP contribution in [0.1, 0.15) is 81.3 Å². The van der Waals surface area contributed by atoms with Crippen LogP contribution in [0, 0.1) is 11.7 Å². The number of hydrogen-bond acceptors (Lipinski definition) is 5. The number of benzene rings is 1. The van der Waals surface area contributed by atoms with Gasteiger partial charge in [-0.1, -0.05) is 13.8 Å². The monoisotopic (exact) mass is 506 g/mol. The van der Waals surface area contributed by atoms with Crippen LogP contribution in [0.4, 0.5) is 14.9 Å². The molecule has 2 N–H and O–H groups in total. The molecule has 1 fully saturated rings. The Hall–Kier alpha value is -3.55. The molecule has 2 heterocycles. The Balaban J connectivity index is 1.56. The van der Waals surface area contributed by atoms with E-state index in [1.165, 1.54) is 12.1 Å². The molecule has 8 heteroatoms. The third-order valence-corrected chi connectivity index (χ3v) is 6.71. The van der Waals surface area contributed by atoms with Crippen LogP contribution in [0.3, 0.4) is 0 Å². The van der Waals surface area contributed by atoms with Crippen LogP contribution in [-0.2, 0) is 11.2 Å². The number of ether oxygens (including phenoxy) is 1. The number of anilines is 1. The highest BCUT2D eigenvalue weighted by Gasteiger charge is 2.31. The number of alkyl carbamates (subject to hydrolysis) is 1. The Kier molecular flexibility index (Phi) is 7.76. The highest BCUT2D eigenvalue weighted by molar-refractivity contribution is 6.12. The van der Waals surface area contributed by atoms with Crippen molar-refractivity contribution in [2.75, 3.05) is 5.32 Å². The number of fused-ring (bicyclic) bond motifs is 1. The molecule has 3 aromatic rings. The van der Waals surface area contributed by atoms with Gasteiger partial charge in [0.1, 0.15) is 11.4 Å². The lowest BCUT2D eigenvalue weighted by molar-refractivity contribution is 0.0482. The van der Waals surface area contributed by atoms with E-state index in [0.29, 0.717) is 28.1 Å². The van der Waals surface area contributed by atoms with Crippen molar-refractivity contribution in [3.05, 3.63) is 65.4 Å². The van der Waals surface area contributed by atoms with E-state index in [0.717, 1.165) is 36.8 Å². The second-order valence-electron chi connectivity index (χ2n) is 11.0. The zero-order chi connectivity index (χ0) is 26.7. The predicted octanol–water partition coefficient (Wildman–Crippen LogP) is 6.38. The van der Waals surface area contributed by atoms with Crippen LogP contribution in [0.5, 0.6) is 0 Å². The Morgan fingerprint density at radius 1 is 1.14 bits per heavy atom. The smallest absolute Gasteiger partial charge is 0.407 e. The quantitative estimate of drug-likeness (QED) is 0.419. The van der Waals surface area contributed by atoms with Crippen molar-refractivity contribution in [3.63, 3.8) is 0 Å². The minimum Gasteiger partial charge on any atom is -0.444 e. The highest BCUT2D eigenvalue weighted by atomic mass is 19.1. The van der Waals surface area contributed by atoms with E-state index in [1.54, 1.807) is 24.7 Å². The van der Waals surface area contributed by atoms with Gasteiger partial charge in [-0.25, -0.2) is 9.18 Å². The Bertz CT molecular complexity index is 1300. The zero-order valence-electron chi connectivity index (χ0n) is 22.1. The molecule has 4 rings (SSSR count).